The molecule has 0 spiro atoms. The molecule has 0 aromatic heterocycles. The van der Waals surface area contributed by atoms with E-state index < -0.39 is 0 Å². The molecule has 0 bridgehead atoms. The molecule has 0 N–H and O–H groups in total. The highest BCUT2D eigenvalue weighted by Crippen LogP contribution is 2.22. The fourth-order valence-electron chi connectivity index (χ4n) is 1.10. The summed E-state index contributed by atoms with van der Waals surface area (Å²) in [4.78, 5) is 1.32. The Balaban J connectivity index is 2.78. The second-order valence-electron chi connectivity index (χ2n) is 2.82. The Hall–Kier alpha value is -0.690. The van der Waals surface area contributed by atoms with E-state index in [0.717, 1.165) is 5.75 Å². The molecule has 0 saturated carbocycles. The second-order valence-corrected chi connectivity index (χ2v) is 3.88. The standard InChI is InChI=1S/C11H13S/c1-4-7-12-11-6-5-9(2)8-10(11)3/h1,4-6,8H,7H2,2-3H3. The van der Waals surface area contributed by atoms with Gasteiger partial charge in [0.2, 0.25) is 0 Å². The lowest BCUT2D eigenvalue weighted by molar-refractivity contribution is 1.26. The molecular weight excluding hydrogens is 164 g/mol. The van der Waals surface area contributed by atoms with E-state index in [-0.39, 0.29) is 0 Å². The molecule has 0 amide bonds. The van der Waals surface area contributed by atoms with Crippen LogP contribution in [0.25, 0.3) is 0 Å². The van der Waals surface area contributed by atoms with Crippen molar-refractivity contribution in [2.75, 3.05) is 5.75 Å². The van der Waals surface area contributed by atoms with E-state index >= 15 is 0 Å². The Morgan fingerprint density at radius 2 is 2.17 bits per heavy atom. The summed E-state index contributed by atoms with van der Waals surface area (Å²) < 4.78 is 0. The van der Waals surface area contributed by atoms with Crippen LogP contribution in [-0.4, -0.2) is 5.75 Å². The molecule has 0 nitrogen and oxygen atoms in total. The van der Waals surface area contributed by atoms with Gasteiger partial charge in [0.1, 0.15) is 0 Å². The summed E-state index contributed by atoms with van der Waals surface area (Å²) in [6, 6.07) is 6.48. The molecule has 1 heteroatoms. The average Bonchev–Trinajstić information content (AvgIpc) is 2.03. The number of benzene rings is 1. The topological polar surface area (TPSA) is 0 Å². The van der Waals surface area contributed by atoms with Gasteiger partial charge in [-0.3, -0.25) is 0 Å². The molecule has 0 aliphatic rings. The van der Waals surface area contributed by atoms with Crippen LogP contribution in [0.1, 0.15) is 11.1 Å². The third-order valence-electron chi connectivity index (χ3n) is 1.67. The third kappa shape index (κ3) is 2.42. The first kappa shape index (κ1) is 9.40. The van der Waals surface area contributed by atoms with Crippen LogP contribution in [0.2, 0.25) is 0 Å². The highest BCUT2D eigenvalue weighted by Gasteiger charge is 1.96. The lowest BCUT2D eigenvalue weighted by Gasteiger charge is -2.03. The Morgan fingerprint density at radius 3 is 2.75 bits per heavy atom. The minimum Gasteiger partial charge on any atom is -0.122 e. The summed E-state index contributed by atoms with van der Waals surface area (Å²) in [5.74, 6) is 0.879. The largest absolute Gasteiger partial charge is 0.122 e. The Labute approximate surface area is 78.7 Å². The van der Waals surface area contributed by atoms with E-state index in [0.29, 0.717) is 0 Å². The summed E-state index contributed by atoms with van der Waals surface area (Å²) >= 11 is 1.78. The van der Waals surface area contributed by atoms with Gasteiger partial charge in [0, 0.05) is 10.6 Å². The van der Waals surface area contributed by atoms with E-state index in [4.69, 9.17) is 6.58 Å². The van der Waals surface area contributed by atoms with Crippen molar-refractivity contribution in [1.82, 2.24) is 0 Å². The summed E-state index contributed by atoms with van der Waals surface area (Å²) in [5, 5.41) is 0. The fraction of sp³-hybridized carbons (Fsp3) is 0.273. The summed E-state index contributed by atoms with van der Waals surface area (Å²) in [6.45, 7) is 9.55. The summed E-state index contributed by atoms with van der Waals surface area (Å²) in [6.07, 6.45) is 1.68. The van der Waals surface area contributed by atoms with Crippen molar-refractivity contribution in [2.24, 2.45) is 0 Å². The predicted octanol–water partition coefficient (Wildman–Crippen LogP) is 3.38. The zero-order valence-corrected chi connectivity index (χ0v) is 8.32. The Morgan fingerprint density at radius 1 is 1.42 bits per heavy atom. The van der Waals surface area contributed by atoms with Crippen LogP contribution < -0.4 is 0 Å². The van der Waals surface area contributed by atoms with Gasteiger partial charge in [-0.25, -0.2) is 0 Å². The first-order chi connectivity index (χ1) is 5.74. The lowest BCUT2D eigenvalue weighted by Crippen LogP contribution is -1.81. The molecule has 0 fully saturated rings. The molecule has 1 aromatic rings. The molecule has 0 aliphatic heterocycles. The van der Waals surface area contributed by atoms with Crippen molar-refractivity contribution in [3.63, 3.8) is 0 Å². The number of thioether (sulfide) groups is 1. The van der Waals surface area contributed by atoms with Gasteiger partial charge in [0.15, 0.2) is 0 Å². The molecule has 12 heavy (non-hydrogen) atoms. The highest BCUT2D eigenvalue weighted by molar-refractivity contribution is 7.99. The van der Waals surface area contributed by atoms with Crippen LogP contribution in [0, 0.1) is 20.4 Å². The minimum absolute atomic E-state index is 0.879. The molecule has 0 unspecified atom stereocenters. The number of hydrogen-bond acceptors (Lipinski definition) is 1. The van der Waals surface area contributed by atoms with Crippen molar-refractivity contribution >= 4 is 11.8 Å². The minimum atomic E-state index is 0.879. The van der Waals surface area contributed by atoms with Crippen LogP contribution in [0.4, 0.5) is 0 Å². The van der Waals surface area contributed by atoms with Gasteiger partial charge in [-0.1, -0.05) is 30.4 Å². The van der Waals surface area contributed by atoms with Crippen molar-refractivity contribution in [2.45, 2.75) is 18.7 Å². The van der Waals surface area contributed by atoms with E-state index in [9.17, 15) is 0 Å². The van der Waals surface area contributed by atoms with Gasteiger partial charge in [-0.05, 0) is 25.5 Å². The van der Waals surface area contributed by atoms with Crippen molar-refractivity contribution in [3.8, 4) is 0 Å². The van der Waals surface area contributed by atoms with E-state index in [2.05, 4.69) is 32.0 Å². The van der Waals surface area contributed by atoms with E-state index in [1.54, 1.807) is 17.8 Å². The Bertz CT molecular complexity index is 276. The fourth-order valence-corrected chi connectivity index (χ4v) is 1.83. The van der Waals surface area contributed by atoms with E-state index in [1.807, 2.05) is 0 Å². The monoisotopic (exact) mass is 177 g/mol. The van der Waals surface area contributed by atoms with Crippen LogP contribution >= 0.6 is 11.8 Å². The maximum absolute atomic E-state index is 5.31. The third-order valence-corrected chi connectivity index (χ3v) is 2.79. The number of aryl methyl sites for hydroxylation is 2. The van der Waals surface area contributed by atoms with Crippen molar-refractivity contribution < 1.29 is 0 Å². The van der Waals surface area contributed by atoms with Gasteiger partial charge in [-0.2, -0.15) is 0 Å². The molecule has 1 radical (unpaired) electrons. The second kappa shape index (κ2) is 4.36. The predicted molar refractivity (Wildman–Crippen MR) is 55.5 cm³/mol. The molecule has 63 valence electrons. The maximum atomic E-state index is 5.31. The number of rotatable bonds is 3. The highest BCUT2D eigenvalue weighted by atomic mass is 32.2. The number of hydrogen-bond donors (Lipinski definition) is 0. The maximum Gasteiger partial charge on any atom is 0.0164 e. The van der Waals surface area contributed by atoms with Crippen LogP contribution in [0.15, 0.2) is 29.2 Å². The van der Waals surface area contributed by atoms with E-state index in [1.165, 1.54) is 16.0 Å². The molecule has 1 rings (SSSR count). The molecule has 0 saturated heterocycles. The quantitative estimate of drug-likeness (QED) is 0.638. The lowest BCUT2D eigenvalue weighted by atomic mass is 10.2. The summed E-state index contributed by atoms with van der Waals surface area (Å²) in [7, 11) is 0. The van der Waals surface area contributed by atoms with Gasteiger partial charge >= 0.3 is 0 Å². The van der Waals surface area contributed by atoms with Crippen molar-refractivity contribution in [3.05, 3.63) is 42.0 Å². The molecule has 0 atom stereocenters. The van der Waals surface area contributed by atoms with Gasteiger partial charge < -0.3 is 0 Å². The van der Waals surface area contributed by atoms with Gasteiger partial charge in [0.05, 0.1) is 0 Å². The van der Waals surface area contributed by atoms with Crippen LogP contribution in [0.3, 0.4) is 0 Å². The molecular formula is C11H13S. The summed E-state index contributed by atoms with van der Waals surface area (Å²) in [5.41, 5.74) is 2.65. The average molecular weight is 177 g/mol. The first-order valence-corrected chi connectivity index (χ1v) is 4.96. The van der Waals surface area contributed by atoms with Crippen molar-refractivity contribution in [1.29, 1.82) is 0 Å². The van der Waals surface area contributed by atoms with Gasteiger partial charge in [0.25, 0.3) is 0 Å². The molecule has 0 heterocycles. The zero-order chi connectivity index (χ0) is 8.97. The SMILES string of the molecule is [CH]=CCSc1ccc(C)cc1C. The zero-order valence-electron chi connectivity index (χ0n) is 7.50. The Kier molecular flexibility index (Phi) is 3.42. The molecule has 1 aromatic carbocycles. The van der Waals surface area contributed by atoms with Crippen LogP contribution in [0.5, 0.6) is 0 Å². The van der Waals surface area contributed by atoms with Crippen LogP contribution in [-0.2, 0) is 0 Å². The first-order valence-electron chi connectivity index (χ1n) is 3.97. The smallest absolute Gasteiger partial charge is 0.0164 e. The molecule has 0 aliphatic carbocycles. The van der Waals surface area contributed by atoms with Gasteiger partial charge in [-0.15, -0.1) is 11.8 Å². The normalized spacial score (nSPS) is 9.83.